The number of carbonyl (C=O) groups is 1. The van der Waals surface area contributed by atoms with Crippen LogP contribution in [-0.2, 0) is 4.74 Å². The van der Waals surface area contributed by atoms with E-state index in [0.717, 1.165) is 29.5 Å². The lowest BCUT2D eigenvalue weighted by atomic mass is 10.1. The van der Waals surface area contributed by atoms with E-state index in [1.165, 1.54) is 0 Å². The van der Waals surface area contributed by atoms with Gasteiger partial charge >= 0.3 is 5.97 Å². The molecule has 1 aromatic rings. The lowest BCUT2D eigenvalue weighted by Gasteiger charge is -2.23. The van der Waals surface area contributed by atoms with Crippen molar-refractivity contribution in [1.82, 2.24) is 4.57 Å². The van der Waals surface area contributed by atoms with Gasteiger partial charge < -0.3 is 14.9 Å². The highest BCUT2D eigenvalue weighted by Gasteiger charge is 2.27. The first-order valence-electron chi connectivity index (χ1n) is 5.81. The molecule has 18 heavy (non-hydrogen) atoms. The zero-order valence-corrected chi connectivity index (χ0v) is 10.00. The van der Waals surface area contributed by atoms with Gasteiger partial charge in [-0.1, -0.05) is 0 Å². The van der Waals surface area contributed by atoms with Gasteiger partial charge in [-0.05, 0) is 19.8 Å². The van der Waals surface area contributed by atoms with E-state index in [2.05, 4.69) is 0 Å². The number of ether oxygens (including phenoxy) is 1. The summed E-state index contributed by atoms with van der Waals surface area (Å²) in [7, 11) is 0. The number of rotatable bonds is 3. The molecule has 0 bridgehead atoms. The maximum Gasteiger partial charge on any atom is 0.352 e. The van der Waals surface area contributed by atoms with E-state index in [1.54, 1.807) is 6.92 Å². The first-order valence-corrected chi connectivity index (χ1v) is 5.81. The second kappa shape index (κ2) is 4.81. The molecule has 2 heterocycles. The molecule has 2 unspecified atom stereocenters. The number of hydrogen-bond acceptors (Lipinski definition) is 4. The molecule has 1 fully saturated rings. The van der Waals surface area contributed by atoms with E-state index in [4.69, 9.17) is 9.84 Å². The van der Waals surface area contributed by atoms with Crippen molar-refractivity contribution in [2.75, 3.05) is 6.61 Å². The molecule has 0 aliphatic carbocycles. The second-order valence-corrected chi connectivity index (χ2v) is 4.40. The van der Waals surface area contributed by atoms with Gasteiger partial charge in [-0.25, -0.2) is 4.79 Å². The molecule has 0 radical (unpaired) electrons. The van der Waals surface area contributed by atoms with Crippen LogP contribution < -0.4 is 5.56 Å². The quantitative estimate of drug-likeness (QED) is 0.838. The molecule has 6 nitrogen and oxygen atoms in total. The van der Waals surface area contributed by atoms with Gasteiger partial charge in [0.1, 0.15) is 11.4 Å². The fourth-order valence-corrected chi connectivity index (χ4v) is 2.30. The van der Waals surface area contributed by atoms with E-state index >= 15 is 0 Å². The van der Waals surface area contributed by atoms with Gasteiger partial charge in [0.05, 0.1) is 12.1 Å². The zero-order valence-electron chi connectivity index (χ0n) is 10.00. The fourth-order valence-electron chi connectivity index (χ4n) is 2.30. The van der Waals surface area contributed by atoms with Crippen molar-refractivity contribution in [1.29, 1.82) is 0 Å². The molecule has 2 N–H and O–H groups in total. The van der Waals surface area contributed by atoms with Gasteiger partial charge in [0.25, 0.3) is 5.56 Å². The van der Waals surface area contributed by atoms with Crippen molar-refractivity contribution in [3.8, 4) is 5.75 Å². The number of carboxylic acids is 1. The van der Waals surface area contributed by atoms with Crippen molar-refractivity contribution < 1.29 is 19.7 Å². The summed E-state index contributed by atoms with van der Waals surface area (Å²) >= 11 is 0. The van der Waals surface area contributed by atoms with E-state index in [9.17, 15) is 14.7 Å². The van der Waals surface area contributed by atoms with Gasteiger partial charge in [0, 0.05) is 18.7 Å². The molecule has 2 rings (SSSR count). The highest BCUT2D eigenvalue weighted by molar-refractivity contribution is 5.86. The van der Waals surface area contributed by atoms with Crippen LogP contribution in [0.5, 0.6) is 5.75 Å². The molecule has 1 aliphatic rings. The number of nitrogens with zero attached hydrogens (tertiary/aromatic N) is 1. The number of aromatic carboxylic acids is 1. The molecule has 0 amide bonds. The molecule has 1 aliphatic heterocycles. The molecule has 1 aromatic heterocycles. The van der Waals surface area contributed by atoms with Gasteiger partial charge in [-0.15, -0.1) is 0 Å². The number of hydrogen-bond donors (Lipinski definition) is 2. The Hall–Kier alpha value is -1.82. The second-order valence-electron chi connectivity index (χ2n) is 4.40. The Morgan fingerprint density at radius 2 is 2.28 bits per heavy atom. The first kappa shape index (κ1) is 12.6. The van der Waals surface area contributed by atoms with E-state index in [-0.39, 0.29) is 23.6 Å². The Morgan fingerprint density at radius 1 is 1.56 bits per heavy atom. The lowest BCUT2D eigenvalue weighted by molar-refractivity contribution is 0.0610. The molecule has 0 saturated carbocycles. The third-order valence-electron chi connectivity index (χ3n) is 3.18. The van der Waals surface area contributed by atoms with Crippen LogP contribution in [0.2, 0.25) is 0 Å². The van der Waals surface area contributed by atoms with Crippen molar-refractivity contribution in [3.05, 3.63) is 28.2 Å². The Bertz CT molecular complexity index is 516. The van der Waals surface area contributed by atoms with Crippen molar-refractivity contribution >= 4 is 5.97 Å². The summed E-state index contributed by atoms with van der Waals surface area (Å²) in [5.41, 5.74) is -0.751. The van der Waals surface area contributed by atoms with Gasteiger partial charge in [-0.3, -0.25) is 9.36 Å². The Labute approximate surface area is 103 Å². The topological polar surface area (TPSA) is 88.8 Å². The minimum absolute atomic E-state index is 0.162. The maximum atomic E-state index is 11.8. The first-order chi connectivity index (χ1) is 8.50. The average Bonchev–Trinajstić information content (AvgIpc) is 2.80. The zero-order chi connectivity index (χ0) is 13.3. The SMILES string of the molecule is CC(C1CCCO1)n1c(C(=O)O)cc(O)cc1=O. The summed E-state index contributed by atoms with van der Waals surface area (Å²) in [4.78, 5) is 23.0. The molecule has 2 atom stereocenters. The summed E-state index contributed by atoms with van der Waals surface area (Å²) in [5.74, 6) is -1.58. The summed E-state index contributed by atoms with van der Waals surface area (Å²) in [5, 5.41) is 18.4. The average molecular weight is 253 g/mol. The predicted molar refractivity (Wildman–Crippen MR) is 63.0 cm³/mol. The molecule has 0 aromatic carbocycles. The van der Waals surface area contributed by atoms with Crippen LogP contribution in [0.3, 0.4) is 0 Å². The summed E-state index contributed by atoms with van der Waals surface area (Å²) in [6.45, 7) is 2.38. The predicted octanol–water partition coefficient (Wildman–Crippen LogP) is 0.992. The third kappa shape index (κ3) is 2.24. The lowest BCUT2D eigenvalue weighted by Crippen LogP contribution is -2.33. The van der Waals surface area contributed by atoms with E-state index in [0.29, 0.717) is 6.61 Å². The van der Waals surface area contributed by atoms with Crippen LogP contribution in [0.1, 0.15) is 36.3 Å². The van der Waals surface area contributed by atoms with Gasteiger partial charge in [0.2, 0.25) is 0 Å². The Morgan fingerprint density at radius 3 is 2.83 bits per heavy atom. The summed E-state index contributed by atoms with van der Waals surface area (Å²) < 4.78 is 6.64. The Balaban J connectivity index is 2.48. The minimum Gasteiger partial charge on any atom is -0.508 e. The highest BCUT2D eigenvalue weighted by atomic mass is 16.5. The molecular formula is C12H15NO5. The smallest absolute Gasteiger partial charge is 0.352 e. The van der Waals surface area contributed by atoms with E-state index in [1.807, 2.05) is 0 Å². The van der Waals surface area contributed by atoms with Gasteiger partial charge in [-0.2, -0.15) is 0 Å². The molecule has 1 saturated heterocycles. The molecule has 98 valence electrons. The maximum absolute atomic E-state index is 11.8. The molecular weight excluding hydrogens is 238 g/mol. The van der Waals surface area contributed by atoms with Crippen LogP contribution in [-0.4, -0.2) is 33.5 Å². The van der Waals surface area contributed by atoms with Crippen LogP contribution in [0.15, 0.2) is 16.9 Å². The number of pyridine rings is 1. The van der Waals surface area contributed by atoms with Crippen LogP contribution >= 0.6 is 0 Å². The molecule has 0 spiro atoms. The fraction of sp³-hybridized carbons (Fsp3) is 0.500. The minimum atomic E-state index is -1.24. The van der Waals surface area contributed by atoms with Crippen molar-refractivity contribution in [3.63, 3.8) is 0 Å². The van der Waals surface area contributed by atoms with Gasteiger partial charge in [0.15, 0.2) is 0 Å². The van der Waals surface area contributed by atoms with Crippen molar-refractivity contribution in [2.24, 2.45) is 0 Å². The number of carboxylic acid groups (broad SMARTS) is 1. The standard InChI is InChI=1S/C12H15NO5/c1-7(10-3-2-4-18-10)13-9(12(16)17)5-8(14)6-11(13)15/h5-7,10,14H,2-4H2,1H3,(H,16,17). The number of aromatic hydroxyl groups is 1. The van der Waals surface area contributed by atoms with Crippen LogP contribution in [0, 0.1) is 0 Å². The Kier molecular flexibility index (Phi) is 3.38. The highest BCUT2D eigenvalue weighted by Crippen LogP contribution is 2.24. The summed E-state index contributed by atoms with van der Waals surface area (Å²) in [6.07, 6.45) is 1.54. The monoisotopic (exact) mass is 253 g/mol. The van der Waals surface area contributed by atoms with Crippen LogP contribution in [0.4, 0.5) is 0 Å². The molecule has 6 heteroatoms. The van der Waals surface area contributed by atoms with E-state index < -0.39 is 11.5 Å². The largest absolute Gasteiger partial charge is 0.508 e. The van der Waals surface area contributed by atoms with Crippen LogP contribution in [0.25, 0.3) is 0 Å². The van der Waals surface area contributed by atoms with Crippen molar-refractivity contribution in [2.45, 2.75) is 31.9 Å². The summed E-state index contributed by atoms with van der Waals surface area (Å²) in [6, 6.07) is 1.72. The third-order valence-corrected chi connectivity index (χ3v) is 3.18. The normalized spacial score (nSPS) is 20.8. The number of aromatic nitrogens is 1.